The maximum Gasteiger partial charge on any atom is 0.321 e. The Morgan fingerprint density at radius 2 is 1.36 bits per heavy atom. The maximum absolute atomic E-state index is 11.0. The van der Waals surface area contributed by atoms with Crippen molar-refractivity contribution in [2.45, 2.75) is 43.7 Å². The van der Waals surface area contributed by atoms with E-state index in [2.05, 4.69) is 5.73 Å². The van der Waals surface area contributed by atoms with Crippen molar-refractivity contribution >= 4 is 31.8 Å². The summed E-state index contributed by atoms with van der Waals surface area (Å²) in [5, 5.41) is 16.8. The van der Waals surface area contributed by atoms with Crippen LogP contribution in [0.15, 0.2) is 0 Å². The number of hydrogen-bond acceptors (Lipinski definition) is 6. The highest BCUT2D eigenvalue weighted by Gasteiger charge is 2.39. The summed E-state index contributed by atoms with van der Waals surface area (Å²) < 4.78 is 0. The molecule has 0 aliphatic heterocycles. The minimum Gasteiger partial charge on any atom is -0.480 e. The molecule has 10 nitrogen and oxygen atoms in total. The molecule has 10 N–H and O–H groups in total. The summed E-state index contributed by atoms with van der Waals surface area (Å²) >= 11 is 0. The monoisotopic (exact) mass is 336 g/mol. The molecule has 0 aromatic carbocycles. The van der Waals surface area contributed by atoms with Gasteiger partial charge in [0.15, 0.2) is 0 Å². The molecule has 0 saturated heterocycles. The number of rotatable bonds is 7. The van der Waals surface area contributed by atoms with Crippen molar-refractivity contribution in [2.24, 2.45) is 22.9 Å². The lowest BCUT2D eigenvalue weighted by Gasteiger charge is -2.28. The van der Waals surface area contributed by atoms with E-state index in [0.717, 1.165) is 0 Å². The van der Waals surface area contributed by atoms with Gasteiger partial charge in [-0.15, -0.1) is 0 Å². The first-order valence-corrected chi connectivity index (χ1v) is 9.83. The Hall–Kier alpha value is -1.98. The van der Waals surface area contributed by atoms with Gasteiger partial charge >= 0.3 is 11.9 Å². The van der Waals surface area contributed by atoms with E-state index in [4.69, 9.17) is 27.4 Å². The van der Waals surface area contributed by atoms with Crippen molar-refractivity contribution in [1.29, 1.82) is 0 Å². The molecule has 0 heterocycles. The van der Waals surface area contributed by atoms with Crippen LogP contribution in [0.2, 0.25) is 25.2 Å². The van der Waals surface area contributed by atoms with Crippen molar-refractivity contribution in [2.75, 3.05) is 0 Å². The van der Waals surface area contributed by atoms with Gasteiger partial charge < -0.3 is 33.1 Å². The van der Waals surface area contributed by atoms with Crippen molar-refractivity contribution in [3.8, 4) is 0 Å². The Bertz CT molecular complexity index is 437. The predicted molar refractivity (Wildman–Crippen MR) is 81.3 cm³/mol. The smallest absolute Gasteiger partial charge is 0.321 e. The Morgan fingerprint density at radius 1 is 0.955 bits per heavy atom. The second-order valence-electron chi connectivity index (χ2n) is 5.73. The molecule has 0 radical (unpaired) electrons. The van der Waals surface area contributed by atoms with Crippen LogP contribution in [0.25, 0.3) is 0 Å². The molecule has 0 aliphatic rings. The third-order valence-electron chi connectivity index (χ3n) is 2.62. The van der Waals surface area contributed by atoms with Crippen LogP contribution in [0.1, 0.15) is 6.42 Å². The Kier molecular flexibility index (Phi) is 9.24. The number of carboxylic acids is 2. The third-order valence-corrected chi connectivity index (χ3v) is 5.13. The molecule has 11 heteroatoms. The highest BCUT2D eigenvalue weighted by Crippen LogP contribution is 2.24. The van der Waals surface area contributed by atoms with Crippen LogP contribution in [-0.4, -0.2) is 54.1 Å². The van der Waals surface area contributed by atoms with Crippen LogP contribution in [0, 0.1) is 0 Å². The van der Waals surface area contributed by atoms with Crippen LogP contribution in [-0.2, 0) is 19.2 Å². The SMILES string of the molecule is C[Si](C)(C)C(C(N)=O)[C@H](N)C(=O)O.NC(=O)C[C@H](N)C(=O)O. The van der Waals surface area contributed by atoms with Crippen molar-refractivity contribution in [3.63, 3.8) is 0 Å². The van der Waals surface area contributed by atoms with Crippen LogP contribution in [0.5, 0.6) is 0 Å². The molecular weight excluding hydrogens is 312 g/mol. The lowest BCUT2D eigenvalue weighted by molar-refractivity contribution is -0.140. The van der Waals surface area contributed by atoms with Crippen LogP contribution in [0.4, 0.5) is 0 Å². The Balaban J connectivity index is 0. The summed E-state index contributed by atoms with van der Waals surface area (Å²) in [6.45, 7) is 5.60. The normalized spacial score (nSPS) is 14.8. The molecule has 0 saturated carbocycles. The molecule has 0 aromatic rings. The van der Waals surface area contributed by atoms with E-state index in [1.807, 2.05) is 19.6 Å². The molecule has 0 rings (SSSR count). The Labute approximate surface area is 128 Å². The molecule has 0 fully saturated rings. The molecule has 0 bridgehead atoms. The molecule has 1 unspecified atom stereocenters. The van der Waals surface area contributed by atoms with Gasteiger partial charge in [0, 0.05) is 0 Å². The first-order valence-electron chi connectivity index (χ1n) is 6.26. The minimum atomic E-state index is -1.96. The number of hydrogen-bond donors (Lipinski definition) is 6. The van der Waals surface area contributed by atoms with Crippen molar-refractivity contribution in [1.82, 2.24) is 0 Å². The van der Waals surface area contributed by atoms with Crippen LogP contribution < -0.4 is 22.9 Å². The second-order valence-corrected chi connectivity index (χ2v) is 11.1. The topological polar surface area (TPSA) is 213 Å². The van der Waals surface area contributed by atoms with Gasteiger partial charge in [-0.1, -0.05) is 19.6 Å². The summed E-state index contributed by atoms with van der Waals surface area (Å²) in [5.41, 5.74) is 19.3. The maximum atomic E-state index is 11.0. The lowest BCUT2D eigenvalue weighted by Crippen LogP contribution is -2.51. The van der Waals surface area contributed by atoms with E-state index in [9.17, 15) is 19.2 Å². The zero-order valence-electron chi connectivity index (χ0n) is 12.8. The Morgan fingerprint density at radius 3 is 1.45 bits per heavy atom. The predicted octanol–water partition coefficient (Wildman–Crippen LogP) is -2.13. The van der Waals surface area contributed by atoms with E-state index < -0.39 is 49.5 Å². The average molecular weight is 336 g/mol. The molecule has 128 valence electrons. The highest BCUT2D eigenvalue weighted by molar-refractivity contribution is 6.81. The fourth-order valence-electron chi connectivity index (χ4n) is 1.59. The van der Waals surface area contributed by atoms with Gasteiger partial charge in [0.2, 0.25) is 11.8 Å². The minimum absolute atomic E-state index is 0.310. The summed E-state index contributed by atoms with van der Waals surface area (Å²) in [4.78, 5) is 41.5. The van der Waals surface area contributed by atoms with Gasteiger partial charge in [0.1, 0.15) is 12.1 Å². The second kappa shape index (κ2) is 9.12. The number of nitrogens with two attached hydrogens (primary N) is 4. The zero-order valence-corrected chi connectivity index (χ0v) is 13.8. The number of carbonyl (C=O) groups is 4. The van der Waals surface area contributed by atoms with Crippen LogP contribution >= 0.6 is 0 Å². The van der Waals surface area contributed by atoms with E-state index >= 15 is 0 Å². The largest absolute Gasteiger partial charge is 0.480 e. The number of amides is 2. The number of carboxylic acid groups (broad SMARTS) is 2. The van der Waals surface area contributed by atoms with Crippen LogP contribution in [0.3, 0.4) is 0 Å². The lowest BCUT2D eigenvalue weighted by atomic mass is 10.2. The van der Waals surface area contributed by atoms with Gasteiger partial charge in [0.05, 0.1) is 20.0 Å². The number of carbonyl (C=O) groups excluding carboxylic acids is 2. The molecule has 3 atom stereocenters. The summed E-state index contributed by atoms with van der Waals surface area (Å²) in [7, 11) is -1.96. The molecular formula is C11H24N4O6Si. The summed E-state index contributed by atoms with van der Waals surface area (Å²) in [6.07, 6.45) is -0.310. The van der Waals surface area contributed by atoms with Gasteiger partial charge in [-0.05, 0) is 0 Å². The molecule has 2 amide bonds. The molecule has 22 heavy (non-hydrogen) atoms. The fourth-order valence-corrected chi connectivity index (χ4v) is 3.66. The molecule has 0 aromatic heterocycles. The zero-order chi connectivity index (χ0) is 18.2. The molecule has 0 aliphatic carbocycles. The highest BCUT2D eigenvalue weighted by atomic mass is 28.3. The quantitative estimate of drug-likeness (QED) is 0.281. The van der Waals surface area contributed by atoms with E-state index in [1.54, 1.807) is 0 Å². The summed E-state index contributed by atoms with van der Waals surface area (Å²) in [5.74, 6) is -3.71. The third kappa shape index (κ3) is 9.04. The van der Waals surface area contributed by atoms with E-state index in [1.165, 1.54) is 0 Å². The standard InChI is InChI=1S/C7H16N2O3Si.C4H8N2O3/c1-13(2,3)5(6(9)10)4(8)7(11)12;5-2(4(8)9)1-3(6)7/h4-5H,8H2,1-3H3,(H2,9,10)(H,11,12);2H,1,5H2,(H2,6,7)(H,8,9)/t4-,5?;2-/m00/s1. The fraction of sp³-hybridized carbons (Fsp3) is 0.636. The first-order chi connectivity index (χ1) is 9.71. The van der Waals surface area contributed by atoms with Gasteiger partial charge in [-0.3, -0.25) is 19.2 Å². The average Bonchev–Trinajstić information content (AvgIpc) is 2.25. The molecule has 0 spiro atoms. The van der Waals surface area contributed by atoms with E-state index in [0.29, 0.717) is 0 Å². The van der Waals surface area contributed by atoms with Crippen molar-refractivity contribution in [3.05, 3.63) is 0 Å². The van der Waals surface area contributed by atoms with Gasteiger partial charge in [-0.2, -0.15) is 0 Å². The first kappa shape index (κ1) is 22.3. The van der Waals surface area contributed by atoms with Gasteiger partial charge in [-0.25, -0.2) is 0 Å². The number of primary amides is 2. The van der Waals surface area contributed by atoms with Gasteiger partial charge in [0.25, 0.3) is 0 Å². The number of aliphatic carboxylic acids is 2. The van der Waals surface area contributed by atoms with E-state index in [-0.39, 0.29) is 6.42 Å². The van der Waals surface area contributed by atoms with Crippen molar-refractivity contribution < 1.29 is 29.4 Å². The summed E-state index contributed by atoms with van der Waals surface area (Å²) in [6, 6.07) is -2.34.